The highest BCUT2D eigenvalue weighted by Gasteiger charge is 2.41. The van der Waals surface area contributed by atoms with Crippen LogP contribution in [0.25, 0.3) is 0 Å². The van der Waals surface area contributed by atoms with Crippen molar-refractivity contribution in [2.75, 3.05) is 13.1 Å². The maximum absolute atomic E-state index is 10.1. The summed E-state index contributed by atoms with van der Waals surface area (Å²) in [5.41, 5.74) is -0.364. The van der Waals surface area contributed by atoms with E-state index in [4.69, 9.17) is 0 Å². The van der Waals surface area contributed by atoms with Crippen molar-refractivity contribution in [2.45, 2.75) is 38.2 Å². The lowest BCUT2D eigenvalue weighted by Gasteiger charge is -2.30. The quantitative estimate of drug-likeness (QED) is 0.617. The van der Waals surface area contributed by atoms with E-state index in [2.05, 4.69) is 5.32 Å². The smallest absolute Gasteiger partial charge is 0.0650 e. The van der Waals surface area contributed by atoms with Gasteiger partial charge in [-0.2, -0.15) is 0 Å². The van der Waals surface area contributed by atoms with Crippen molar-refractivity contribution in [1.82, 2.24) is 5.32 Å². The van der Waals surface area contributed by atoms with E-state index in [0.29, 0.717) is 5.92 Å². The maximum atomic E-state index is 10.1. The third kappa shape index (κ3) is 1.38. The van der Waals surface area contributed by atoms with Crippen LogP contribution in [0.4, 0.5) is 0 Å². The van der Waals surface area contributed by atoms with E-state index in [1.54, 1.807) is 0 Å². The van der Waals surface area contributed by atoms with Gasteiger partial charge in [-0.1, -0.05) is 6.42 Å². The zero-order valence-electron chi connectivity index (χ0n) is 7.84. The second kappa shape index (κ2) is 3.00. The summed E-state index contributed by atoms with van der Waals surface area (Å²) in [6, 6.07) is 0. The van der Waals surface area contributed by atoms with Crippen LogP contribution < -0.4 is 5.32 Å². The van der Waals surface area contributed by atoms with Crippen LogP contribution in [0.3, 0.4) is 0 Å². The van der Waals surface area contributed by atoms with E-state index >= 15 is 0 Å². The third-order valence-electron chi connectivity index (χ3n) is 3.66. The molecule has 2 rings (SSSR count). The topological polar surface area (TPSA) is 32.3 Å². The Kier molecular flexibility index (Phi) is 2.13. The molecule has 1 aliphatic heterocycles. The van der Waals surface area contributed by atoms with Crippen molar-refractivity contribution in [3.05, 3.63) is 0 Å². The van der Waals surface area contributed by atoms with E-state index < -0.39 is 0 Å². The summed E-state index contributed by atoms with van der Waals surface area (Å²) < 4.78 is 0. The van der Waals surface area contributed by atoms with Crippen molar-refractivity contribution < 1.29 is 5.11 Å². The normalized spacial score (nSPS) is 48.5. The molecule has 0 amide bonds. The van der Waals surface area contributed by atoms with Gasteiger partial charge in [0.2, 0.25) is 0 Å². The number of hydrogen-bond donors (Lipinski definition) is 2. The highest BCUT2D eigenvalue weighted by Crippen LogP contribution is 2.41. The monoisotopic (exact) mass is 169 g/mol. The molecule has 1 saturated carbocycles. The van der Waals surface area contributed by atoms with Gasteiger partial charge in [-0.3, -0.25) is 0 Å². The molecule has 2 N–H and O–H groups in total. The molecule has 0 aromatic rings. The van der Waals surface area contributed by atoms with Gasteiger partial charge in [-0.15, -0.1) is 0 Å². The molecule has 1 saturated heterocycles. The Morgan fingerprint density at radius 2 is 2.25 bits per heavy atom. The van der Waals surface area contributed by atoms with E-state index in [1.165, 1.54) is 19.3 Å². The van der Waals surface area contributed by atoms with Gasteiger partial charge < -0.3 is 10.4 Å². The summed E-state index contributed by atoms with van der Waals surface area (Å²) >= 11 is 0. The molecule has 1 heterocycles. The number of hydrogen-bond acceptors (Lipinski definition) is 2. The summed E-state index contributed by atoms with van der Waals surface area (Å²) in [6.45, 7) is 4.29. The van der Waals surface area contributed by atoms with Crippen molar-refractivity contribution in [3.63, 3.8) is 0 Å². The average molecular weight is 169 g/mol. The standard InChI is InChI=1S/C10H19NO/c1-10(12)5-2-3-9(10)8-4-6-11-7-8/h8-9,11-12H,2-7H2,1H3. The first-order chi connectivity index (χ1) is 5.70. The summed E-state index contributed by atoms with van der Waals surface area (Å²) in [5.74, 6) is 1.30. The first-order valence-electron chi connectivity index (χ1n) is 5.13. The Balaban J connectivity index is 2.02. The molecule has 2 fully saturated rings. The van der Waals surface area contributed by atoms with Crippen LogP contribution in [0.15, 0.2) is 0 Å². The molecule has 0 spiro atoms. The second-order valence-electron chi connectivity index (χ2n) is 4.61. The highest BCUT2D eigenvalue weighted by atomic mass is 16.3. The van der Waals surface area contributed by atoms with Gasteiger partial charge in [-0.05, 0) is 51.1 Å². The van der Waals surface area contributed by atoms with Crippen molar-refractivity contribution in [1.29, 1.82) is 0 Å². The van der Waals surface area contributed by atoms with Gasteiger partial charge >= 0.3 is 0 Å². The van der Waals surface area contributed by atoms with E-state index in [-0.39, 0.29) is 5.60 Å². The molecule has 70 valence electrons. The third-order valence-corrected chi connectivity index (χ3v) is 3.66. The first kappa shape index (κ1) is 8.52. The second-order valence-corrected chi connectivity index (χ2v) is 4.61. The fraction of sp³-hybridized carbons (Fsp3) is 1.00. The van der Waals surface area contributed by atoms with Crippen molar-refractivity contribution in [3.8, 4) is 0 Å². The predicted octanol–water partition coefficient (Wildman–Crippen LogP) is 1.15. The fourth-order valence-electron chi connectivity index (χ4n) is 2.94. The molecule has 3 atom stereocenters. The molecule has 12 heavy (non-hydrogen) atoms. The molecule has 2 nitrogen and oxygen atoms in total. The molecule has 0 aromatic heterocycles. The van der Waals surface area contributed by atoms with Gasteiger partial charge in [-0.25, -0.2) is 0 Å². The van der Waals surface area contributed by atoms with Crippen LogP contribution >= 0.6 is 0 Å². The van der Waals surface area contributed by atoms with E-state index in [1.807, 2.05) is 6.92 Å². The van der Waals surface area contributed by atoms with Crippen LogP contribution in [-0.2, 0) is 0 Å². The molecular formula is C10H19NO. The van der Waals surface area contributed by atoms with Gasteiger partial charge in [0, 0.05) is 0 Å². The average Bonchev–Trinajstić information content (AvgIpc) is 2.55. The minimum Gasteiger partial charge on any atom is -0.390 e. The number of nitrogens with one attached hydrogen (secondary N) is 1. The Morgan fingerprint density at radius 1 is 1.42 bits per heavy atom. The molecule has 1 aliphatic carbocycles. The summed E-state index contributed by atoms with van der Waals surface area (Å²) in [5, 5.41) is 13.5. The lowest BCUT2D eigenvalue weighted by atomic mass is 9.81. The van der Waals surface area contributed by atoms with Crippen LogP contribution in [0.2, 0.25) is 0 Å². The van der Waals surface area contributed by atoms with Crippen LogP contribution in [-0.4, -0.2) is 23.8 Å². The Labute approximate surface area is 74.4 Å². The molecule has 0 aromatic carbocycles. The summed E-state index contributed by atoms with van der Waals surface area (Å²) in [7, 11) is 0. The fourth-order valence-corrected chi connectivity index (χ4v) is 2.94. The lowest BCUT2D eigenvalue weighted by molar-refractivity contribution is -0.0000849. The maximum Gasteiger partial charge on any atom is 0.0650 e. The predicted molar refractivity (Wildman–Crippen MR) is 48.9 cm³/mol. The SMILES string of the molecule is CC1(O)CCCC1C1CCNC1. The van der Waals surface area contributed by atoms with Crippen LogP contribution in [0.1, 0.15) is 32.6 Å². The van der Waals surface area contributed by atoms with Crippen molar-refractivity contribution >= 4 is 0 Å². The Morgan fingerprint density at radius 3 is 2.75 bits per heavy atom. The molecule has 2 aliphatic rings. The minimum atomic E-state index is -0.364. The van der Waals surface area contributed by atoms with E-state index in [0.717, 1.165) is 25.4 Å². The highest BCUT2D eigenvalue weighted by molar-refractivity contribution is 4.94. The Bertz CT molecular complexity index is 161. The zero-order chi connectivity index (χ0) is 8.60. The van der Waals surface area contributed by atoms with Gasteiger partial charge in [0.05, 0.1) is 5.60 Å². The van der Waals surface area contributed by atoms with Gasteiger partial charge in [0.25, 0.3) is 0 Å². The largest absolute Gasteiger partial charge is 0.390 e. The van der Waals surface area contributed by atoms with Gasteiger partial charge in [0.15, 0.2) is 0 Å². The Hall–Kier alpha value is -0.0800. The molecule has 0 radical (unpaired) electrons. The minimum absolute atomic E-state index is 0.364. The summed E-state index contributed by atoms with van der Waals surface area (Å²) in [4.78, 5) is 0. The van der Waals surface area contributed by atoms with Crippen LogP contribution in [0.5, 0.6) is 0 Å². The first-order valence-corrected chi connectivity index (χ1v) is 5.13. The van der Waals surface area contributed by atoms with Crippen LogP contribution in [0, 0.1) is 11.8 Å². The molecule has 3 unspecified atom stereocenters. The molecule has 0 bridgehead atoms. The van der Waals surface area contributed by atoms with E-state index in [9.17, 15) is 5.11 Å². The zero-order valence-corrected chi connectivity index (χ0v) is 7.84. The summed E-state index contributed by atoms with van der Waals surface area (Å²) in [6.07, 6.45) is 4.72. The van der Waals surface area contributed by atoms with Crippen molar-refractivity contribution in [2.24, 2.45) is 11.8 Å². The van der Waals surface area contributed by atoms with Gasteiger partial charge in [0.1, 0.15) is 0 Å². The number of aliphatic hydroxyl groups is 1. The number of rotatable bonds is 1. The molecular weight excluding hydrogens is 150 g/mol. The lowest BCUT2D eigenvalue weighted by Crippen LogP contribution is -2.35. The molecule has 2 heteroatoms.